The Morgan fingerprint density at radius 2 is 1.23 bits per heavy atom. The Morgan fingerprint density at radius 1 is 0.769 bits per heavy atom. The van der Waals surface area contributed by atoms with Crippen LogP contribution in [0.25, 0.3) is 0 Å². The van der Waals surface area contributed by atoms with E-state index in [0.29, 0.717) is 19.6 Å². The first-order chi connectivity index (χ1) is 12.7. The van der Waals surface area contributed by atoms with Gasteiger partial charge in [-0.2, -0.15) is 0 Å². The lowest BCUT2D eigenvalue weighted by Crippen LogP contribution is -2.24. The molecule has 0 aromatic carbocycles. The normalized spacial score (nSPS) is 12.4. The van der Waals surface area contributed by atoms with Crippen LogP contribution in [0.5, 0.6) is 0 Å². The number of unbranched alkanes of at least 4 members (excludes halogenated alkanes) is 13. The first-order valence-electron chi connectivity index (χ1n) is 11.2. The predicted octanol–water partition coefficient (Wildman–Crippen LogP) is 5.36. The molecule has 0 aliphatic rings. The zero-order chi connectivity index (χ0) is 19.3. The van der Waals surface area contributed by atoms with Crippen LogP contribution in [0, 0.1) is 5.92 Å². The van der Waals surface area contributed by atoms with Crippen molar-refractivity contribution in [3.8, 4) is 0 Å². The molecule has 1 unspecified atom stereocenters. The monoisotopic (exact) mass is 371 g/mol. The number of hydrogen-bond donors (Lipinski definition) is 2. The average Bonchev–Trinajstić information content (AvgIpc) is 2.63. The third-order valence-corrected chi connectivity index (χ3v) is 5.15. The minimum Gasteiger partial charge on any atom is -0.394 e. The number of aliphatic hydroxyl groups is 1. The number of carbonyl (C=O) groups is 1. The molecular weight excluding hydrogens is 326 g/mol. The number of rotatable bonds is 21. The van der Waals surface area contributed by atoms with Crippen molar-refractivity contribution < 1.29 is 14.6 Å². The van der Waals surface area contributed by atoms with Crippen molar-refractivity contribution in [2.24, 2.45) is 11.7 Å². The molecule has 4 heteroatoms. The Balaban J connectivity index is 3.33. The molecule has 1 amide bonds. The molecule has 0 saturated heterocycles. The van der Waals surface area contributed by atoms with Crippen LogP contribution in [-0.2, 0) is 9.53 Å². The Kier molecular flexibility index (Phi) is 20.2. The maximum atomic E-state index is 11.4. The van der Waals surface area contributed by atoms with Gasteiger partial charge in [-0.3, -0.25) is 4.79 Å². The van der Waals surface area contributed by atoms with E-state index >= 15 is 0 Å². The SMILES string of the molecule is CCCCCCCCCCCCCCCCC(CCOCCO)C(N)=O. The van der Waals surface area contributed by atoms with Gasteiger partial charge in [0.2, 0.25) is 5.91 Å². The quantitative estimate of drug-likeness (QED) is 0.267. The molecule has 0 aromatic rings. The van der Waals surface area contributed by atoms with Crippen molar-refractivity contribution in [2.75, 3.05) is 19.8 Å². The van der Waals surface area contributed by atoms with E-state index in [1.54, 1.807) is 0 Å². The second-order valence-corrected chi connectivity index (χ2v) is 7.61. The maximum Gasteiger partial charge on any atom is 0.220 e. The maximum absolute atomic E-state index is 11.4. The van der Waals surface area contributed by atoms with Gasteiger partial charge in [0.05, 0.1) is 13.2 Å². The number of ether oxygens (including phenoxy) is 1. The Hall–Kier alpha value is -0.610. The number of carbonyl (C=O) groups excluding carboxylic acids is 1. The van der Waals surface area contributed by atoms with Gasteiger partial charge < -0.3 is 15.6 Å². The highest BCUT2D eigenvalue weighted by atomic mass is 16.5. The molecule has 0 bridgehead atoms. The molecule has 0 fully saturated rings. The van der Waals surface area contributed by atoms with Crippen LogP contribution >= 0.6 is 0 Å². The molecule has 0 aromatic heterocycles. The molecule has 3 N–H and O–H groups in total. The van der Waals surface area contributed by atoms with Gasteiger partial charge in [-0.1, -0.05) is 96.8 Å². The van der Waals surface area contributed by atoms with Crippen molar-refractivity contribution in [1.82, 2.24) is 0 Å². The summed E-state index contributed by atoms with van der Waals surface area (Å²) in [6.07, 6.45) is 20.3. The minimum absolute atomic E-state index is 0.0280. The highest BCUT2D eigenvalue weighted by molar-refractivity contribution is 5.76. The molecule has 0 rings (SSSR count). The van der Waals surface area contributed by atoms with Gasteiger partial charge in [-0.25, -0.2) is 0 Å². The first-order valence-corrected chi connectivity index (χ1v) is 11.2. The summed E-state index contributed by atoms with van der Waals surface area (Å²) in [5.41, 5.74) is 5.46. The van der Waals surface area contributed by atoms with Gasteiger partial charge in [-0.05, 0) is 12.8 Å². The average molecular weight is 372 g/mol. The number of primary amides is 1. The summed E-state index contributed by atoms with van der Waals surface area (Å²) in [6, 6.07) is 0. The summed E-state index contributed by atoms with van der Waals surface area (Å²) >= 11 is 0. The molecule has 0 aliphatic heterocycles. The fraction of sp³-hybridized carbons (Fsp3) is 0.955. The van der Waals surface area contributed by atoms with E-state index in [0.717, 1.165) is 12.8 Å². The number of amides is 1. The van der Waals surface area contributed by atoms with Crippen LogP contribution in [0.1, 0.15) is 110 Å². The predicted molar refractivity (Wildman–Crippen MR) is 110 cm³/mol. The second-order valence-electron chi connectivity index (χ2n) is 7.61. The van der Waals surface area contributed by atoms with Crippen molar-refractivity contribution >= 4 is 5.91 Å². The van der Waals surface area contributed by atoms with Crippen molar-refractivity contribution in [2.45, 2.75) is 110 Å². The van der Waals surface area contributed by atoms with E-state index in [4.69, 9.17) is 15.6 Å². The summed E-state index contributed by atoms with van der Waals surface area (Å²) in [6.45, 7) is 3.14. The van der Waals surface area contributed by atoms with Crippen LogP contribution in [0.15, 0.2) is 0 Å². The Labute approximate surface area is 162 Å². The van der Waals surface area contributed by atoms with E-state index < -0.39 is 0 Å². The summed E-state index contributed by atoms with van der Waals surface area (Å²) < 4.78 is 5.23. The Bertz CT molecular complexity index is 297. The lowest BCUT2D eigenvalue weighted by Gasteiger charge is -2.13. The van der Waals surface area contributed by atoms with E-state index in [1.165, 1.54) is 83.5 Å². The molecule has 26 heavy (non-hydrogen) atoms. The molecule has 4 nitrogen and oxygen atoms in total. The number of hydrogen-bond acceptors (Lipinski definition) is 3. The van der Waals surface area contributed by atoms with Crippen LogP contribution in [-0.4, -0.2) is 30.8 Å². The van der Waals surface area contributed by atoms with Gasteiger partial charge in [0, 0.05) is 12.5 Å². The first kappa shape index (κ1) is 25.4. The highest BCUT2D eigenvalue weighted by Crippen LogP contribution is 2.16. The lowest BCUT2D eigenvalue weighted by atomic mass is 9.96. The zero-order valence-electron chi connectivity index (χ0n) is 17.4. The topological polar surface area (TPSA) is 72.6 Å². The Morgan fingerprint density at radius 3 is 1.65 bits per heavy atom. The molecule has 0 heterocycles. The van der Waals surface area contributed by atoms with E-state index in [1.807, 2.05) is 0 Å². The summed E-state index contributed by atoms with van der Waals surface area (Å²) in [5, 5.41) is 8.67. The molecular formula is C22H45NO3. The molecule has 0 aliphatic carbocycles. The standard InChI is InChI=1S/C22H45NO3/c1-2-3-4-5-6-7-8-9-10-11-12-13-14-15-16-21(22(23)25)17-19-26-20-18-24/h21,24H,2-20H2,1H3,(H2,23,25). The zero-order valence-corrected chi connectivity index (χ0v) is 17.4. The number of nitrogens with two attached hydrogens (primary N) is 1. The van der Waals surface area contributed by atoms with Gasteiger partial charge in [0.25, 0.3) is 0 Å². The fourth-order valence-electron chi connectivity index (χ4n) is 3.41. The largest absolute Gasteiger partial charge is 0.394 e. The lowest BCUT2D eigenvalue weighted by molar-refractivity contribution is -0.122. The van der Waals surface area contributed by atoms with Crippen LogP contribution in [0.2, 0.25) is 0 Å². The molecule has 0 spiro atoms. The van der Waals surface area contributed by atoms with Gasteiger partial charge in [-0.15, -0.1) is 0 Å². The van der Waals surface area contributed by atoms with Crippen molar-refractivity contribution in [3.63, 3.8) is 0 Å². The smallest absolute Gasteiger partial charge is 0.220 e. The second kappa shape index (κ2) is 20.7. The van der Waals surface area contributed by atoms with E-state index in [2.05, 4.69) is 6.92 Å². The number of aliphatic hydroxyl groups excluding tert-OH is 1. The minimum atomic E-state index is -0.215. The van der Waals surface area contributed by atoms with Crippen LogP contribution < -0.4 is 5.73 Å². The molecule has 1 atom stereocenters. The van der Waals surface area contributed by atoms with Gasteiger partial charge in [0.1, 0.15) is 0 Å². The highest BCUT2D eigenvalue weighted by Gasteiger charge is 2.14. The van der Waals surface area contributed by atoms with Crippen LogP contribution in [0.3, 0.4) is 0 Å². The van der Waals surface area contributed by atoms with Crippen molar-refractivity contribution in [3.05, 3.63) is 0 Å². The summed E-state index contributed by atoms with van der Waals surface area (Å²) in [7, 11) is 0. The molecule has 0 radical (unpaired) electrons. The fourth-order valence-corrected chi connectivity index (χ4v) is 3.41. The summed E-state index contributed by atoms with van der Waals surface area (Å²) in [5.74, 6) is -0.293. The van der Waals surface area contributed by atoms with Crippen LogP contribution in [0.4, 0.5) is 0 Å². The van der Waals surface area contributed by atoms with Gasteiger partial charge >= 0.3 is 0 Å². The summed E-state index contributed by atoms with van der Waals surface area (Å²) in [4.78, 5) is 11.4. The molecule has 156 valence electrons. The van der Waals surface area contributed by atoms with Crippen molar-refractivity contribution in [1.29, 1.82) is 0 Å². The van der Waals surface area contributed by atoms with Gasteiger partial charge in [0.15, 0.2) is 0 Å². The third kappa shape index (κ3) is 18.2. The molecule has 0 saturated carbocycles. The van der Waals surface area contributed by atoms with E-state index in [-0.39, 0.29) is 18.4 Å². The third-order valence-electron chi connectivity index (χ3n) is 5.15. The van der Waals surface area contributed by atoms with E-state index in [9.17, 15) is 4.79 Å².